The van der Waals surface area contributed by atoms with Crippen molar-refractivity contribution in [2.75, 3.05) is 20.8 Å². The van der Waals surface area contributed by atoms with Gasteiger partial charge < -0.3 is 20.1 Å². The largest absolute Gasteiger partial charge is 0.493 e. The van der Waals surface area contributed by atoms with Gasteiger partial charge in [-0.1, -0.05) is 18.2 Å². The van der Waals surface area contributed by atoms with E-state index < -0.39 is 0 Å². The van der Waals surface area contributed by atoms with Gasteiger partial charge in [0.15, 0.2) is 17.5 Å². The summed E-state index contributed by atoms with van der Waals surface area (Å²) in [5.74, 6) is 1.85. The molecular weight excluding hydrogens is 345 g/mol. The van der Waals surface area contributed by atoms with Gasteiger partial charge in [-0.25, -0.2) is 4.39 Å². The van der Waals surface area contributed by atoms with Crippen molar-refractivity contribution >= 4 is 5.96 Å². The van der Waals surface area contributed by atoms with Gasteiger partial charge >= 0.3 is 0 Å². The van der Waals surface area contributed by atoms with E-state index in [1.165, 1.54) is 0 Å². The van der Waals surface area contributed by atoms with Crippen molar-refractivity contribution in [3.05, 3.63) is 58.9 Å². The van der Waals surface area contributed by atoms with Gasteiger partial charge in [0, 0.05) is 13.6 Å². The van der Waals surface area contributed by atoms with E-state index in [-0.39, 0.29) is 11.9 Å². The maximum Gasteiger partial charge on any atom is 0.191 e. The highest BCUT2D eigenvalue weighted by Gasteiger charge is 2.10. The van der Waals surface area contributed by atoms with Gasteiger partial charge in [0.1, 0.15) is 5.82 Å². The predicted molar refractivity (Wildman–Crippen MR) is 107 cm³/mol. The van der Waals surface area contributed by atoms with E-state index in [4.69, 9.17) is 9.47 Å². The topological polar surface area (TPSA) is 54.9 Å². The van der Waals surface area contributed by atoms with Gasteiger partial charge in [0.05, 0.1) is 19.8 Å². The minimum atomic E-state index is -0.203. The minimum absolute atomic E-state index is 0.0823. The van der Waals surface area contributed by atoms with Crippen LogP contribution in [0.4, 0.5) is 4.39 Å². The maximum absolute atomic E-state index is 13.8. The van der Waals surface area contributed by atoms with Crippen molar-refractivity contribution in [2.45, 2.75) is 33.4 Å². The summed E-state index contributed by atoms with van der Waals surface area (Å²) in [7, 11) is 3.33. The molecule has 0 radical (unpaired) electrons. The van der Waals surface area contributed by atoms with Crippen LogP contribution in [0.2, 0.25) is 0 Å². The predicted octanol–water partition coefficient (Wildman–Crippen LogP) is 3.97. The first-order chi connectivity index (χ1) is 13.0. The van der Waals surface area contributed by atoms with Gasteiger partial charge in [0.2, 0.25) is 0 Å². The van der Waals surface area contributed by atoms with Crippen LogP contribution in [0.1, 0.15) is 36.6 Å². The summed E-state index contributed by atoms with van der Waals surface area (Å²) in [6, 6.07) is 11.0. The van der Waals surface area contributed by atoms with Crippen molar-refractivity contribution in [1.82, 2.24) is 10.6 Å². The number of nitrogens with one attached hydrogen (secondary N) is 2. The van der Waals surface area contributed by atoms with Crippen LogP contribution in [0.15, 0.2) is 41.4 Å². The average molecular weight is 373 g/mol. The number of guanidine groups is 1. The number of nitrogens with zero attached hydrogens (tertiary/aromatic N) is 1. The third-order valence-corrected chi connectivity index (χ3v) is 4.26. The molecule has 2 aromatic rings. The van der Waals surface area contributed by atoms with Crippen LogP contribution < -0.4 is 20.1 Å². The molecule has 146 valence electrons. The molecule has 0 fully saturated rings. The second kappa shape index (κ2) is 9.80. The Kier molecular flexibility index (Phi) is 7.46. The number of benzene rings is 2. The molecule has 27 heavy (non-hydrogen) atoms. The van der Waals surface area contributed by atoms with Gasteiger partial charge in [-0.15, -0.1) is 0 Å². The standard InChI is InChI=1S/C21H28FN3O2/c1-6-27-19-10-8-16(11-20(19)26-5)13-24-21(23-4)25-15(3)17-9-7-14(2)18(22)12-17/h7-12,15H,6,13H2,1-5H3,(H2,23,24,25). The second-order valence-electron chi connectivity index (χ2n) is 6.22. The van der Waals surface area contributed by atoms with E-state index in [2.05, 4.69) is 15.6 Å². The molecule has 0 saturated carbocycles. The first kappa shape index (κ1) is 20.6. The lowest BCUT2D eigenvalue weighted by Crippen LogP contribution is -2.38. The highest BCUT2D eigenvalue weighted by atomic mass is 19.1. The van der Waals surface area contributed by atoms with E-state index in [0.29, 0.717) is 30.4 Å². The quantitative estimate of drug-likeness (QED) is 0.570. The Morgan fingerprint density at radius 3 is 2.59 bits per heavy atom. The summed E-state index contributed by atoms with van der Waals surface area (Å²) in [5, 5.41) is 6.54. The van der Waals surface area contributed by atoms with E-state index >= 15 is 0 Å². The maximum atomic E-state index is 13.8. The van der Waals surface area contributed by atoms with Gasteiger partial charge in [-0.3, -0.25) is 4.99 Å². The van der Waals surface area contributed by atoms with Crippen molar-refractivity contribution in [3.63, 3.8) is 0 Å². The Morgan fingerprint density at radius 2 is 1.96 bits per heavy atom. The van der Waals surface area contributed by atoms with Crippen LogP contribution >= 0.6 is 0 Å². The molecule has 0 aliphatic heterocycles. The van der Waals surface area contributed by atoms with Gasteiger partial charge in [0.25, 0.3) is 0 Å². The third-order valence-electron chi connectivity index (χ3n) is 4.26. The molecule has 6 heteroatoms. The molecule has 0 aliphatic rings. The van der Waals surface area contributed by atoms with E-state index in [0.717, 1.165) is 16.9 Å². The highest BCUT2D eigenvalue weighted by molar-refractivity contribution is 5.80. The van der Waals surface area contributed by atoms with Gasteiger partial charge in [-0.2, -0.15) is 0 Å². The second-order valence-corrected chi connectivity index (χ2v) is 6.22. The SMILES string of the molecule is CCOc1ccc(CNC(=NC)NC(C)c2ccc(C)c(F)c2)cc1OC. The molecule has 0 amide bonds. The fourth-order valence-corrected chi connectivity index (χ4v) is 2.64. The zero-order chi connectivity index (χ0) is 19.8. The van der Waals surface area contributed by atoms with Crippen LogP contribution in [-0.4, -0.2) is 26.7 Å². The number of aliphatic imine (C=N–C) groups is 1. The molecule has 2 rings (SSSR count). The molecule has 1 unspecified atom stereocenters. The lowest BCUT2D eigenvalue weighted by molar-refractivity contribution is 0.310. The van der Waals surface area contributed by atoms with Crippen molar-refractivity contribution in [3.8, 4) is 11.5 Å². The molecule has 0 bridgehead atoms. The van der Waals surface area contributed by atoms with E-state index in [1.807, 2.05) is 38.1 Å². The fourth-order valence-electron chi connectivity index (χ4n) is 2.64. The zero-order valence-electron chi connectivity index (χ0n) is 16.6. The summed E-state index contributed by atoms with van der Waals surface area (Å²) in [4.78, 5) is 4.24. The smallest absolute Gasteiger partial charge is 0.191 e. The minimum Gasteiger partial charge on any atom is -0.493 e. The Balaban J connectivity index is 2.00. The summed E-state index contributed by atoms with van der Waals surface area (Å²) >= 11 is 0. The third kappa shape index (κ3) is 5.61. The molecular formula is C21H28FN3O2. The number of hydrogen-bond acceptors (Lipinski definition) is 3. The van der Waals surface area contributed by atoms with Crippen LogP contribution in [0, 0.1) is 12.7 Å². The molecule has 0 aliphatic carbocycles. The molecule has 0 heterocycles. The van der Waals surface area contributed by atoms with Crippen molar-refractivity contribution in [2.24, 2.45) is 4.99 Å². The van der Waals surface area contributed by atoms with Crippen molar-refractivity contribution in [1.29, 1.82) is 0 Å². The van der Waals surface area contributed by atoms with Crippen molar-refractivity contribution < 1.29 is 13.9 Å². The fraction of sp³-hybridized carbons (Fsp3) is 0.381. The lowest BCUT2D eigenvalue weighted by Gasteiger charge is -2.19. The first-order valence-electron chi connectivity index (χ1n) is 9.01. The summed E-state index contributed by atoms with van der Waals surface area (Å²) < 4.78 is 24.7. The number of ether oxygens (including phenoxy) is 2. The number of hydrogen-bond donors (Lipinski definition) is 2. The molecule has 2 aromatic carbocycles. The first-order valence-corrected chi connectivity index (χ1v) is 9.01. The molecule has 0 saturated heterocycles. The Bertz CT molecular complexity index is 793. The summed E-state index contributed by atoms with van der Waals surface area (Å²) in [6.45, 7) is 6.81. The number of halogens is 1. The Hall–Kier alpha value is -2.76. The normalized spacial score (nSPS) is 12.4. The van der Waals surface area contributed by atoms with E-state index in [9.17, 15) is 4.39 Å². The molecule has 1 atom stereocenters. The lowest BCUT2D eigenvalue weighted by atomic mass is 10.1. The van der Waals surface area contributed by atoms with Crippen LogP contribution in [-0.2, 0) is 6.54 Å². The number of methoxy groups -OCH3 is 1. The van der Waals surface area contributed by atoms with Crippen LogP contribution in [0.25, 0.3) is 0 Å². The zero-order valence-corrected chi connectivity index (χ0v) is 16.6. The average Bonchev–Trinajstić information content (AvgIpc) is 2.68. The molecule has 5 nitrogen and oxygen atoms in total. The van der Waals surface area contributed by atoms with Crippen LogP contribution in [0.5, 0.6) is 11.5 Å². The molecule has 0 aromatic heterocycles. The number of aryl methyl sites for hydroxylation is 1. The van der Waals surface area contributed by atoms with Crippen LogP contribution in [0.3, 0.4) is 0 Å². The Labute approximate surface area is 160 Å². The monoisotopic (exact) mass is 373 g/mol. The molecule has 2 N–H and O–H groups in total. The van der Waals surface area contributed by atoms with E-state index in [1.54, 1.807) is 33.2 Å². The highest BCUT2D eigenvalue weighted by Crippen LogP contribution is 2.28. The number of rotatable bonds is 7. The van der Waals surface area contributed by atoms with Gasteiger partial charge in [-0.05, 0) is 55.7 Å². The summed E-state index contributed by atoms with van der Waals surface area (Å²) in [6.07, 6.45) is 0. The Morgan fingerprint density at radius 1 is 1.19 bits per heavy atom. The summed E-state index contributed by atoms with van der Waals surface area (Å²) in [5.41, 5.74) is 2.54. The molecule has 0 spiro atoms.